The van der Waals surface area contributed by atoms with Gasteiger partial charge < -0.3 is 15.0 Å². The molecule has 166 valence electrons. The molecule has 8 nitrogen and oxygen atoms in total. The Balaban J connectivity index is 1.79. The van der Waals surface area contributed by atoms with Gasteiger partial charge in [0.1, 0.15) is 16.9 Å². The first-order valence-corrected chi connectivity index (χ1v) is 11.4. The number of fused-ring (bicyclic) bond motifs is 1. The number of anilines is 3. The van der Waals surface area contributed by atoms with E-state index in [2.05, 4.69) is 36.0 Å². The third kappa shape index (κ3) is 4.79. The van der Waals surface area contributed by atoms with Gasteiger partial charge in [0.15, 0.2) is 5.82 Å². The van der Waals surface area contributed by atoms with Crippen LogP contribution >= 0.6 is 0 Å². The molecule has 0 radical (unpaired) electrons. The van der Waals surface area contributed by atoms with E-state index in [1.54, 1.807) is 0 Å². The van der Waals surface area contributed by atoms with Crippen LogP contribution in [0.5, 0.6) is 0 Å². The number of ether oxygens (including phenoxy) is 1. The Morgan fingerprint density at radius 3 is 2.71 bits per heavy atom. The van der Waals surface area contributed by atoms with Crippen molar-refractivity contribution in [3.8, 4) is 0 Å². The summed E-state index contributed by atoms with van der Waals surface area (Å²) >= 11 is 0. The van der Waals surface area contributed by atoms with Crippen molar-refractivity contribution in [2.24, 2.45) is 5.92 Å². The van der Waals surface area contributed by atoms with Crippen LogP contribution in [0.25, 0.3) is 11.0 Å². The van der Waals surface area contributed by atoms with Crippen LogP contribution in [0.4, 0.5) is 17.6 Å². The van der Waals surface area contributed by atoms with Crippen molar-refractivity contribution in [1.29, 1.82) is 0 Å². The van der Waals surface area contributed by atoms with E-state index in [-0.39, 0.29) is 0 Å². The van der Waals surface area contributed by atoms with Gasteiger partial charge in [-0.1, -0.05) is 13.8 Å². The van der Waals surface area contributed by atoms with Crippen LogP contribution in [0.3, 0.4) is 0 Å². The molecule has 1 N–H and O–H groups in total. The summed E-state index contributed by atoms with van der Waals surface area (Å²) in [6.45, 7) is 12.4. The first-order chi connectivity index (χ1) is 15.1. The van der Waals surface area contributed by atoms with Crippen molar-refractivity contribution >= 4 is 28.6 Å². The smallest absolute Gasteiger partial charge is 0.228 e. The molecule has 0 aliphatic carbocycles. The highest BCUT2D eigenvalue weighted by molar-refractivity contribution is 5.90. The van der Waals surface area contributed by atoms with E-state index in [0.29, 0.717) is 19.8 Å². The van der Waals surface area contributed by atoms with Gasteiger partial charge in [-0.2, -0.15) is 10.1 Å². The summed E-state index contributed by atoms with van der Waals surface area (Å²) in [5.74, 6) is 3.05. The zero-order valence-corrected chi connectivity index (χ0v) is 19.1. The van der Waals surface area contributed by atoms with Crippen molar-refractivity contribution in [2.75, 3.05) is 36.5 Å². The van der Waals surface area contributed by atoms with E-state index in [0.717, 1.165) is 78.1 Å². The SMILES string of the molecule is CCOCCn1nc(CC)c2nc(N3CCC(C)CC3)nc(Nc3cc(C)ccn3)c21. The Kier molecular flexibility index (Phi) is 6.65. The molecule has 0 saturated carbocycles. The van der Waals surface area contributed by atoms with Gasteiger partial charge in [-0.05, 0) is 56.7 Å². The molecule has 3 aromatic heterocycles. The molecule has 0 atom stereocenters. The number of pyridine rings is 1. The summed E-state index contributed by atoms with van der Waals surface area (Å²) in [5.41, 5.74) is 3.96. The second-order valence-electron chi connectivity index (χ2n) is 8.30. The molecule has 0 unspecified atom stereocenters. The maximum atomic E-state index is 5.59. The van der Waals surface area contributed by atoms with E-state index in [1.165, 1.54) is 0 Å². The molecule has 1 aliphatic rings. The van der Waals surface area contributed by atoms with Crippen LogP contribution in [0.1, 0.15) is 44.9 Å². The molecular weight excluding hydrogens is 390 g/mol. The maximum absolute atomic E-state index is 5.59. The molecule has 0 bridgehead atoms. The van der Waals surface area contributed by atoms with Gasteiger partial charge in [0.25, 0.3) is 0 Å². The number of nitrogens with zero attached hydrogens (tertiary/aromatic N) is 6. The van der Waals surface area contributed by atoms with Gasteiger partial charge >= 0.3 is 0 Å². The van der Waals surface area contributed by atoms with Gasteiger partial charge in [0.05, 0.1) is 18.8 Å². The van der Waals surface area contributed by atoms with E-state index >= 15 is 0 Å². The average molecular weight is 424 g/mol. The number of piperidine rings is 1. The summed E-state index contributed by atoms with van der Waals surface area (Å²) < 4.78 is 7.57. The zero-order valence-electron chi connectivity index (χ0n) is 19.1. The Morgan fingerprint density at radius 1 is 1.19 bits per heavy atom. The number of nitrogens with one attached hydrogen (secondary N) is 1. The maximum Gasteiger partial charge on any atom is 0.228 e. The highest BCUT2D eigenvalue weighted by Gasteiger charge is 2.23. The monoisotopic (exact) mass is 423 g/mol. The Hall–Kier alpha value is -2.74. The normalized spacial score (nSPS) is 15.0. The minimum absolute atomic E-state index is 0.602. The Bertz CT molecular complexity index is 1020. The first kappa shape index (κ1) is 21.5. The standard InChI is InChI=1S/C23H33N7O/c1-5-18-20-21(30(28-18)13-14-31-6-2)22(25-19-15-17(4)7-10-24-19)27-23(26-20)29-11-8-16(3)9-12-29/h7,10,15-16H,5-6,8-9,11-14H2,1-4H3,(H,24,25,26,27). The number of hydrogen-bond donors (Lipinski definition) is 1. The highest BCUT2D eigenvalue weighted by atomic mass is 16.5. The second kappa shape index (κ2) is 9.60. The zero-order chi connectivity index (χ0) is 21.8. The van der Waals surface area contributed by atoms with Crippen LogP contribution in [0.2, 0.25) is 0 Å². The van der Waals surface area contributed by atoms with Crippen molar-refractivity contribution in [3.63, 3.8) is 0 Å². The van der Waals surface area contributed by atoms with Crippen molar-refractivity contribution in [3.05, 3.63) is 29.6 Å². The molecule has 0 aromatic carbocycles. The van der Waals surface area contributed by atoms with Crippen LogP contribution in [-0.2, 0) is 17.7 Å². The fourth-order valence-electron chi connectivity index (χ4n) is 3.99. The lowest BCUT2D eigenvalue weighted by Gasteiger charge is -2.30. The fourth-order valence-corrected chi connectivity index (χ4v) is 3.99. The van der Waals surface area contributed by atoms with Gasteiger partial charge in [0.2, 0.25) is 5.95 Å². The summed E-state index contributed by atoms with van der Waals surface area (Å²) in [4.78, 5) is 16.8. The van der Waals surface area contributed by atoms with Gasteiger partial charge in [-0.15, -0.1) is 0 Å². The summed E-state index contributed by atoms with van der Waals surface area (Å²) in [6, 6.07) is 4.01. The molecule has 1 aliphatic heterocycles. The summed E-state index contributed by atoms with van der Waals surface area (Å²) in [6.07, 6.45) is 4.95. The third-order valence-electron chi connectivity index (χ3n) is 5.86. The van der Waals surface area contributed by atoms with Gasteiger partial charge in [-0.3, -0.25) is 4.68 Å². The number of rotatable bonds is 8. The highest BCUT2D eigenvalue weighted by Crippen LogP contribution is 2.30. The van der Waals surface area contributed by atoms with Crippen molar-refractivity contribution < 1.29 is 4.74 Å². The molecule has 0 spiro atoms. The number of aryl methyl sites for hydroxylation is 2. The molecule has 4 rings (SSSR count). The lowest BCUT2D eigenvalue weighted by Crippen LogP contribution is -2.34. The minimum atomic E-state index is 0.602. The van der Waals surface area contributed by atoms with Crippen molar-refractivity contribution in [1.82, 2.24) is 24.7 Å². The quantitative estimate of drug-likeness (QED) is 0.546. The van der Waals surface area contributed by atoms with E-state index < -0.39 is 0 Å². The largest absolute Gasteiger partial charge is 0.380 e. The molecule has 1 saturated heterocycles. The molecule has 3 aromatic rings. The van der Waals surface area contributed by atoms with E-state index in [9.17, 15) is 0 Å². The fraction of sp³-hybridized carbons (Fsp3) is 0.565. The lowest BCUT2D eigenvalue weighted by molar-refractivity contribution is 0.137. The molecule has 0 amide bonds. The number of aromatic nitrogens is 5. The summed E-state index contributed by atoms with van der Waals surface area (Å²) in [7, 11) is 0. The van der Waals surface area contributed by atoms with E-state index in [4.69, 9.17) is 19.8 Å². The van der Waals surface area contributed by atoms with Crippen LogP contribution < -0.4 is 10.2 Å². The second-order valence-corrected chi connectivity index (χ2v) is 8.30. The Morgan fingerprint density at radius 2 is 2.00 bits per heavy atom. The predicted octanol–water partition coefficient (Wildman–Crippen LogP) is 4.11. The molecule has 8 heteroatoms. The predicted molar refractivity (Wildman–Crippen MR) is 124 cm³/mol. The molecule has 4 heterocycles. The average Bonchev–Trinajstić information content (AvgIpc) is 3.12. The van der Waals surface area contributed by atoms with Crippen LogP contribution in [-0.4, -0.2) is 51.0 Å². The first-order valence-electron chi connectivity index (χ1n) is 11.4. The van der Waals surface area contributed by atoms with E-state index in [1.807, 2.05) is 29.9 Å². The molecular formula is C23H33N7O. The lowest BCUT2D eigenvalue weighted by atomic mass is 10.00. The minimum Gasteiger partial charge on any atom is -0.380 e. The third-order valence-corrected chi connectivity index (χ3v) is 5.86. The summed E-state index contributed by atoms with van der Waals surface area (Å²) in [5, 5.41) is 8.31. The topological polar surface area (TPSA) is 81.0 Å². The number of hydrogen-bond acceptors (Lipinski definition) is 7. The van der Waals surface area contributed by atoms with Gasteiger partial charge in [-0.25, -0.2) is 9.97 Å². The Labute approximate surface area is 184 Å². The van der Waals surface area contributed by atoms with Crippen LogP contribution in [0.15, 0.2) is 18.3 Å². The van der Waals surface area contributed by atoms with Crippen LogP contribution in [0, 0.1) is 12.8 Å². The van der Waals surface area contributed by atoms with Gasteiger partial charge in [0, 0.05) is 25.9 Å². The van der Waals surface area contributed by atoms with Crippen molar-refractivity contribution in [2.45, 2.75) is 53.5 Å². The molecule has 1 fully saturated rings. The molecule has 31 heavy (non-hydrogen) atoms.